The molecule has 18 heavy (non-hydrogen) atoms. The van der Waals surface area contributed by atoms with Crippen LogP contribution < -0.4 is 5.32 Å². The maximum absolute atomic E-state index is 11.9. The van der Waals surface area contributed by atoms with Crippen molar-refractivity contribution in [3.05, 3.63) is 0 Å². The van der Waals surface area contributed by atoms with E-state index in [0.717, 1.165) is 38.5 Å². The first-order chi connectivity index (χ1) is 8.72. The monoisotopic (exact) mass is 253 g/mol. The summed E-state index contributed by atoms with van der Waals surface area (Å²) in [6.45, 7) is 6.58. The quantitative estimate of drug-likeness (QED) is 0.796. The van der Waals surface area contributed by atoms with E-state index in [0.29, 0.717) is 5.91 Å². The van der Waals surface area contributed by atoms with Gasteiger partial charge in [0, 0.05) is 25.7 Å². The average Bonchev–Trinajstić information content (AvgIpc) is 2.73. The smallest absolute Gasteiger partial charge is 0.239 e. The van der Waals surface area contributed by atoms with Crippen molar-refractivity contribution in [1.29, 1.82) is 0 Å². The standard InChI is InChI=1S/C14H27N3O/c1-12-6-3-4-8-16(12)9-5-10-17-11-7-13(15-2)14(17)18/h12-13,15H,3-11H2,1-2H3. The summed E-state index contributed by atoms with van der Waals surface area (Å²) >= 11 is 0. The zero-order chi connectivity index (χ0) is 13.0. The molecule has 2 rings (SSSR count). The van der Waals surface area contributed by atoms with E-state index in [-0.39, 0.29) is 6.04 Å². The largest absolute Gasteiger partial charge is 0.341 e. The number of hydrogen-bond acceptors (Lipinski definition) is 3. The van der Waals surface area contributed by atoms with Crippen LogP contribution in [0.4, 0.5) is 0 Å². The molecule has 1 amide bonds. The minimum atomic E-state index is 0.0684. The molecule has 2 aliphatic heterocycles. The highest BCUT2D eigenvalue weighted by atomic mass is 16.2. The van der Waals surface area contributed by atoms with Gasteiger partial charge in [-0.25, -0.2) is 0 Å². The molecule has 0 bridgehead atoms. The summed E-state index contributed by atoms with van der Waals surface area (Å²) in [5.41, 5.74) is 0. The number of carbonyl (C=O) groups excluding carboxylic acids is 1. The predicted octanol–water partition coefficient (Wildman–Crippen LogP) is 1.07. The van der Waals surface area contributed by atoms with Gasteiger partial charge in [-0.3, -0.25) is 4.79 Å². The highest BCUT2D eigenvalue weighted by Gasteiger charge is 2.29. The number of nitrogens with zero attached hydrogens (tertiary/aromatic N) is 2. The number of hydrogen-bond donors (Lipinski definition) is 1. The minimum absolute atomic E-state index is 0.0684. The zero-order valence-electron chi connectivity index (χ0n) is 11.8. The van der Waals surface area contributed by atoms with Crippen LogP contribution in [0.1, 0.15) is 39.0 Å². The molecule has 0 aromatic carbocycles. The molecule has 2 unspecified atom stereocenters. The fourth-order valence-corrected chi connectivity index (χ4v) is 3.18. The van der Waals surface area contributed by atoms with Crippen LogP contribution in [0.15, 0.2) is 0 Å². The van der Waals surface area contributed by atoms with Crippen molar-refractivity contribution in [2.75, 3.05) is 33.2 Å². The van der Waals surface area contributed by atoms with Crippen LogP contribution in [-0.4, -0.2) is 61.0 Å². The van der Waals surface area contributed by atoms with Gasteiger partial charge in [0.05, 0.1) is 6.04 Å². The van der Waals surface area contributed by atoms with Gasteiger partial charge in [-0.2, -0.15) is 0 Å². The number of nitrogens with one attached hydrogen (secondary N) is 1. The van der Waals surface area contributed by atoms with E-state index in [1.807, 2.05) is 11.9 Å². The highest BCUT2D eigenvalue weighted by molar-refractivity contribution is 5.83. The molecule has 1 N–H and O–H groups in total. The first-order valence-corrected chi connectivity index (χ1v) is 7.42. The normalized spacial score (nSPS) is 30.1. The third-order valence-electron chi connectivity index (χ3n) is 4.46. The van der Waals surface area contributed by atoms with Crippen LogP contribution in [0.2, 0.25) is 0 Å². The molecule has 0 saturated carbocycles. The van der Waals surface area contributed by atoms with Crippen molar-refractivity contribution >= 4 is 5.91 Å². The molecule has 2 aliphatic rings. The topological polar surface area (TPSA) is 35.6 Å². The summed E-state index contributed by atoms with van der Waals surface area (Å²) in [6, 6.07) is 0.803. The van der Waals surface area contributed by atoms with Crippen molar-refractivity contribution in [1.82, 2.24) is 15.1 Å². The predicted molar refractivity (Wildman–Crippen MR) is 73.5 cm³/mol. The Morgan fingerprint density at radius 2 is 2.06 bits per heavy atom. The number of carbonyl (C=O) groups is 1. The fourth-order valence-electron chi connectivity index (χ4n) is 3.18. The summed E-state index contributed by atoms with van der Waals surface area (Å²) in [7, 11) is 1.88. The molecule has 0 radical (unpaired) electrons. The molecular formula is C14H27N3O. The Kier molecular flexibility index (Phi) is 5.01. The molecule has 0 spiro atoms. The average molecular weight is 253 g/mol. The van der Waals surface area contributed by atoms with E-state index in [1.54, 1.807) is 0 Å². The Balaban J connectivity index is 1.68. The summed E-state index contributed by atoms with van der Waals surface area (Å²) in [5.74, 6) is 0.296. The van der Waals surface area contributed by atoms with Crippen molar-refractivity contribution in [2.45, 2.75) is 51.1 Å². The van der Waals surface area contributed by atoms with Crippen LogP contribution in [-0.2, 0) is 4.79 Å². The molecule has 2 fully saturated rings. The molecule has 4 nitrogen and oxygen atoms in total. The second kappa shape index (κ2) is 6.53. The number of rotatable bonds is 5. The third-order valence-corrected chi connectivity index (χ3v) is 4.46. The molecule has 0 aromatic heterocycles. The Hall–Kier alpha value is -0.610. The number of likely N-dealkylation sites (tertiary alicyclic amines) is 2. The van der Waals surface area contributed by atoms with E-state index in [2.05, 4.69) is 17.1 Å². The maximum Gasteiger partial charge on any atom is 0.239 e. The Morgan fingerprint density at radius 1 is 1.22 bits per heavy atom. The van der Waals surface area contributed by atoms with Gasteiger partial charge >= 0.3 is 0 Å². The summed E-state index contributed by atoms with van der Waals surface area (Å²) in [6.07, 6.45) is 6.15. The second-order valence-electron chi connectivity index (χ2n) is 5.69. The Morgan fingerprint density at radius 3 is 2.72 bits per heavy atom. The number of likely N-dealkylation sites (N-methyl/N-ethyl adjacent to an activating group) is 1. The lowest BCUT2D eigenvalue weighted by Gasteiger charge is -2.33. The van der Waals surface area contributed by atoms with E-state index >= 15 is 0 Å². The van der Waals surface area contributed by atoms with Gasteiger partial charge in [0.2, 0.25) is 5.91 Å². The van der Waals surface area contributed by atoms with E-state index in [4.69, 9.17) is 0 Å². The third kappa shape index (κ3) is 3.23. The van der Waals surface area contributed by atoms with E-state index in [9.17, 15) is 4.79 Å². The lowest BCUT2D eigenvalue weighted by Crippen LogP contribution is -2.40. The van der Waals surface area contributed by atoms with Crippen LogP contribution in [0.25, 0.3) is 0 Å². The molecule has 2 atom stereocenters. The molecular weight excluding hydrogens is 226 g/mol. The molecule has 2 saturated heterocycles. The fraction of sp³-hybridized carbons (Fsp3) is 0.929. The maximum atomic E-state index is 11.9. The number of amides is 1. The molecule has 2 heterocycles. The Bertz CT molecular complexity index is 282. The van der Waals surface area contributed by atoms with Crippen molar-refractivity contribution < 1.29 is 4.79 Å². The highest BCUT2D eigenvalue weighted by Crippen LogP contribution is 2.17. The van der Waals surface area contributed by atoms with Crippen LogP contribution in [0, 0.1) is 0 Å². The van der Waals surface area contributed by atoms with Crippen LogP contribution in [0.3, 0.4) is 0 Å². The van der Waals surface area contributed by atoms with Crippen molar-refractivity contribution in [2.24, 2.45) is 0 Å². The van der Waals surface area contributed by atoms with E-state index < -0.39 is 0 Å². The molecule has 0 aromatic rings. The van der Waals surface area contributed by atoms with Crippen molar-refractivity contribution in [3.8, 4) is 0 Å². The van der Waals surface area contributed by atoms with Crippen LogP contribution >= 0.6 is 0 Å². The van der Waals surface area contributed by atoms with Gasteiger partial charge in [-0.05, 0) is 46.2 Å². The summed E-state index contributed by atoms with van der Waals surface area (Å²) in [4.78, 5) is 16.5. The number of piperidine rings is 1. The van der Waals surface area contributed by atoms with Gasteiger partial charge in [-0.15, -0.1) is 0 Å². The van der Waals surface area contributed by atoms with Crippen molar-refractivity contribution in [3.63, 3.8) is 0 Å². The SMILES string of the molecule is CNC1CCN(CCCN2CCCCC2C)C1=O. The molecule has 104 valence electrons. The van der Waals surface area contributed by atoms with Gasteiger partial charge in [0.25, 0.3) is 0 Å². The van der Waals surface area contributed by atoms with Gasteiger partial charge in [0.1, 0.15) is 0 Å². The Labute approximate surface area is 111 Å². The van der Waals surface area contributed by atoms with Gasteiger partial charge < -0.3 is 15.1 Å². The molecule has 0 aliphatic carbocycles. The first kappa shape index (κ1) is 13.8. The molecule has 4 heteroatoms. The first-order valence-electron chi connectivity index (χ1n) is 7.42. The summed E-state index contributed by atoms with van der Waals surface area (Å²) < 4.78 is 0. The van der Waals surface area contributed by atoms with Gasteiger partial charge in [0.15, 0.2) is 0 Å². The zero-order valence-corrected chi connectivity index (χ0v) is 11.8. The van der Waals surface area contributed by atoms with Crippen LogP contribution in [0.5, 0.6) is 0 Å². The second-order valence-corrected chi connectivity index (χ2v) is 5.69. The summed E-state index contributed by atoms with van der Waals surface area (Å²) in [5, 5.41) is 3.09. The minimum Gasteiger partial charge on any atom is -0.341 e. The lowest BCUT2D eigenvalue weighted by atomic mass is 10.0. The van der Waals surface area contributed by atoms with Gasteiger partial charge in [-0.1, -0.05) is 6.42 Å². The lowest BCUT2D eigenvalue weighted by molar-refractivity contribution is -0.129. The van der Waals surface area contributed by atoms with E-state index in [1.165, 1.54) is 25.8 Å².